The highest BCUT2D eigenvalue weighted by Crippen LogP contribution is 2.26. The molecule has 0 rings (SSSR count). The van der Waals surface area contributed by atoms with Crippen molar-refractivity contribution >= 4 is 0 Å². The van der Waals surface area contributed by atoms with Crippen LogP contribution in [0.3, 0.4) is 0 Å². The van der Waals surface area contributed by atoms with E-state index >= 15 is 0 Å². The second-order valence-corrected chi connectivity index (χ2v) is 1.64. The lowest BCUT2D eigenvalue weighted by Crippen LogP contribution is -2.28. The second kappa shape index (κ2) is 3.03. The fourth-order valence-corrected chi connectivity index (χ4v) is 0.287. The molecule has 4 heteroatoms. The van der Waals surface area contributed by atoms with E-state index in [1.165, 1.54) is 0 Å². The monoisotopic (exact) mass is 143 g/mol. The van der Waals surface area contributed by atoms with Crippen molar-refractivity contribution in [2.75, 3.05) is 0 Å². The van der Waals surface area contributed by atoms with Crippen molar-refractivity contribution in [1.82, 2.24) is 0 Å². The number of rotatable bonds is 3. The van der Waals surface area contributed by atoms with Gasteiger partial charge in [-0.2, -0.15) is 0 Å². The summed E-state index contributed by atoms with van der Waals surface area (Å²) in [6.45, 7) is 0.458. The van der Waals surface area contributed by atoms with E-state index in [2.05, 4.69) is 0 Å². The molecule has 0 aromatic carbocycles. The van der Waals surface area contributed by atoms with E-state index < -0.39 is 25.2 Å². The van der Waals surface area contributed by atoms with E-state index in [1.807, 2.05) is 0 Å². The van der Waals surface area contributed by atoms with Gasteiger partial charge in [0, 0.05) is 6.42 Å². The van der Waals surface area contributed by atoms with Crippen LogP contribution in [0.4, 0.5) is 17.6 Å². The quantitative estimate of drug-likeness (QED) is 0.532. The second-order valence-electron chi connectivity index (χ2n) is 1.64. The molecule has 0 nitrogen and oxygen atoms in total. The molecule has 1 atom stereocenters. The van der Waals surface area contributed by atoms with Crippen LogP contribution >= 0.6 is 0 Å². The first-order chi connectivity index (χ1) is 4.04. The minimum atomic E-state index is -3.55. The third-order valence-electron chi connectivity index (χ3n) is 0.985. The molecule has 0 bridgehead atoms. The van der Waals surface area contributed by atoms with Gasteiger partial charge in [-0.1, -0.05) is 6.92 Å². The Hall–Kier alpha value is -0.280. The molecule has 0 saturated carbocycles. The van der Waals surface area contributed by atoms with Crippen LogP contribution in [0.15, 0.2) is 0 Å². The van der Waals surface area contributed by atoms with Crippen LogP contribution in [0.1, 0.15) is 13.3 Å². The van der Waals surface area contributed by atoms with Crippen molar-refractivity contribution in [3.8, 4) is 0 Å². The Bertz CT molecular complexity index is 81.0. The molecule has 0 aliphatic rings. The zero-order valence-electron chi connectivity index (χ0n) is 4.87. The van der Waals surface area contributed by atoms with Crippen LogP contribution in [0, 0.1) is 6.67 Å². The molecule has 0 aromatic rings. The van der Waals surface area contributed by atoms with Gasteiger partial charge in [-0.05, 0) is 0 Å². The third-order valence-corrected chi connectivity index (χ3v) is 0.985. The third kappa shape index (κ3) is 2.20. The van der Waals surface area contributed by atoms with Gasteiger partial charge in [0.1, 0.15) is 0 Å². The molecule has 0 amide bonds. The minimum absolute atomic E-state index is 0.635. The average Bonchev–Trinajstić information content (AvgIpc) is 1.86. The summed E-state index contributed by atoms with van der Waals surface area (Å²) in [6, 6.07) is 0. The van der Waals surface area contributed by atoms with E-state index in [0.717, 1.165) is 6.92 Å². The summed E-state index contributed by atoms with van der Waals surface area (Å²) in [6.07, 6.45) is -3.45. The summed E-state index contributed by atoms with van der Waals surface area (Å²) in [5.41, 5.74) is 0. The highest BCUT2D eigenvalue weighted by Gasteiger charge is 2.38. The first-order valence-electron chi connectivity index (χ1n) is 2.50. The molecule has 0 fully saturated rings. The highest BCUT2D eigenvalue weighted by atomic mass is 19.3. The van der Waals surface area contributed by atoms with Gasteiger partial charge in [0.15, 0.2) is 12.8 Å². The molecule has 0 spiro atoms. The summed E-state index contributed by atoms with van der Waals surface area (Å²) < 4.78 is 46.6. The molecule has 0 N–H and O–H groups in total. The smallest absolute Gasteiger partial charge is 0.241 e. The van der Waals surface area contributed by atoms with E-state index in [-0.39, 0.29) is 0 Å². The number of alkyl halides is 3. The molecule has 9 heavy (non-hydrogen) atoms. The molecule has 55 valence electrons. The maximum Gasteiger partial charge on any atom is 0.281 e. The van der Waals surface area contributed by atoms with Gasteiger partial charge in [-0.15, -0.1) is 0 Å². The fraction of sp³-hybridized carbons (Fsp3) is 0.800. The van der Waals surface area contributed by atoms with Gasteiger partial charge in [0.05, 0.1) is 0 Å². The Morgan fingerprint density at radius 2 is 2.00 bits per heavy atom. The SMILES string of the molecule is CCC(F)(F)C(F)[CH]F. The van der Waals surface area contributed by atoms with E-state index in [1.54, 1.807) is 0 Å². The predicted molar refractivity (Wildman–Crippen MR) is 25.5 cm³/mol. The Balaban J connectivity index is 3.80. The van der Waals surface area contributed by atoms with E-state index in [0.29, 0.717) is 0 Å². The van der Waals surface area contributed by atoms with Gasteiger partial charge in [-0.25, -0.2) is 17.6 Å². The summed E-state index contributed by atoms with van der Waals surface area (Å²) in [5, 5.41) is 0. The van der Waals surface area contributed by atoms with Crippen molar-refractivity contribution in [3.05, 3.63) is 6.67 Å². The molecule has 1 radical (unpaired) electrons. The lowest BCUT2D eigenvalue weighted by atomic mass is 10.2. The zero-order chi connectivity index (χ0) is 7.49. The Morgan fingerprint density at radius 3 is 2.11 bits per heavy atom. The Labute approximate surface area is 50.9 Å². The number of hydrogen-bond donors (Lipinski definition) is 0. The molecular formula is C5H7F4. The van der Waals surface area contributed by atoms with Crippen molar-refractivity contribution in [3.63, 3.8) is 0 Å². The van der Waals surface area contributed by atoms with Crippen LogP contribution in [0.25, 0.3) is 0 Å². The minimum Gasteiger partial charge on any atom is -0.241 e. The predicted octanol–water partition coefficient (Wildman–Crippen LogP) is 2.50. The topological polar surface area (TPSA) is 0 Å². The van der Waals surface area contributed by atoms with Crippen LogP contribution in [-0.2, 0) is 0 Å². The van der Waals surface area contributed by atoms with Gasteiger partial charge < -0.3 is 0 Å². The molecule has 0 saturated heterocycles. The highest BCUT2D eigenvalue weighted by molar-refractivity contribution is 4.80. The summed E-state index contributed by atoms with van der Waals surface area (Å²) >= 11 is 0. The lowest BCUT2D eigenvalue weighted by Gasteiger charge is -2.14. The average molecular weight is 143 g/mol. The van der Waals surface area contributed by atoms with Crippen LogP contribution in [0.2, 0.25) is 0 Å². The molecule has 0 aromatic heterocycles. The van der Waals surface area contributed by atoms with Crippen molar-refractivity contribution in [2.24, 2.45) is 0 Å². The normalized spacial score (nSPS) is 15.7. The van der Waals surface area contributed by atoms with Crippen LogP contribution < -0.4 is 0 Å². The first-order valence-corrected chi connectivity index (χ1v) is 2.50. The summed E-state index contributed by atoms with van der Waals surface area (Å²) in [5.74, 6) is -3.55. The molecule has 0 aliphatic heterocycles. The lowest BCUT2D eigenvalue weighted by molar-refractivity contribution is -0.0691. The maximum absolute atomic E-state index is 11.9. The van der Waals surface area contributed by atoms with Crippen LogP contribution in [-0.4, -0.2) is 12.1 Å². The zero-order valence-corrected chi connectivity index (χ0v) is 4.87. The molecule has 0 aliphatic carbocycles. The molecule has 0 heterocycles. The Kier molecular flexibility index (Phi) is 2.94. The number of halogens is 4. The first kappa shape index (κ1) is 8.72. The fourth-order valence-electron chi connectivity index (χ4n) is 0.287. The summed E-state index contributed by atoms with van der Waals surface area (Å²) in [4.78, 5) is 0. The number of hydrogen-bond acceptors (Lipinski definition) is 0. The van der Waals surface area contributed by atoms with E-state index in [9.17, 15) is 17.6 Å². The maximum atomic E-state index is 11.9. The summed E-state index contributed by atoms with van der Waals surface area (Å²) in [7, 11) is 0. The van der Waals surface area contributed by atoms with Gasteiger partial charge in [-0.3, -0.25) is 0 Å². The molecular weight excluding hydrogens is 136 g/mol. The van der Waals surface area contributed by atoms with E-state index in [4.69, 9.17) is 0 Å². The van der Waals surface area contributed by atoms with Crippen molar-refractivity contribution in [1.29, 1.82) is 0 Å². The van der Waals surface area contributed by atoms with Gasteiger partial charge in [0.2, 0.25) is 0 Å². The van der Waals surface area contributed by atoms with Crippen LogP contribution in [0.5, 0.6) is 0 Å². The Morgan fingerprint density at radius 1 is 1.56 bits per heavy atom. The van der Waals surface area contributed by atoms with Gasteiger partial charge >= 0.3 is 0 Å². The van der Waals surface area contributed by atoms with Gasteiger partial charge in [0.25, 0.3) is 5.92 Å². The largest absolute Gasteiger partial charge is 0.281 e. The van der Waals surface area contributed by atoms with Crippen molar-refractivity contribution in [2.45, 2.75) is 25.4 Å². The molecule has 1 unspecified atom stereocenters. The standard InChI is InChI=1S/C5H7F4/c1-2-5(8,9)4(7)3-6/h3-4H,2H2,1H3. The van der Waals surface area contributed by atoms with Crippen molar-refractivity contribution < 1.29 is 17.6 Å².